The van der Waals surface area contributed by atoms with E-state index in [4.69, 9.17) is 0 Å². The average molecular weight is 177 g/mol. The second-order valence-corrected chi connectivity index (χ2v) is 2.59. The van der Waals surface area contributed by atoms with Crippen molar-refractivity contribution >= 4 is 21.9 Å². The molecule has 0 aliphatic carbocycles. The predicted octanol–water partition coefficient (Wildman–Crippen LogP) is 1.21. The molecule has 0 amide bonds. The van der Waals surface area contributed by atoms with Gasteiger partial charge in [0.2, 0.25) is 0 Å². The Kier molecular flexibility index (Phi) is 1.38. The summed E-state index contributed by atoms with van der Waals surface area (Å²) in [5, 5.41) is 0. The normalized spacial score (nSPS) is 27.5. The van der Waals surface area contributed by atoms with Gasteiger partial charge in [-0.15, -0.1) is 0 Å². The summed E-state index contributed by atoms with van der Waals surface area (Å²) in [6.07, 6.45) is 1.72. The molecule has 1 heterocycles. The van der Waals surface area contributed by atoms with Crippen LogP contribution in [0.3, 0.4) is 0 Å². The first-order valence-electron chi connectivity index (χ1n) is 2.24. The molecule has 0 spiro atoms. The summed E-state index contributed by atoms with van der Waals surface area (Å²) in [4.78, 5) is 10.2. The fourth-order valence-electron chi connectivity index (χ4n) is 0.523. The molecular weight excluding hydrogens is 172 g/mol. The number of hydrogen-bond donors (Lipinski definition) is 0. The minimum absolute atomic E-state index is 0.220. The van der Waals surface area contributed by atoms with Crippen molar-refractivity contribution in [2.75, 3.05) is 0 Å². The van der Waals surface area contributed by atoms with Gasteiger partial charge < -0.3 is 4.74 Å². The van der Waals surface area contributed by atoms with Crippen LogP contribution in [0.25, 0.3) is 0 Å². The van der Waals surface area contributed by atoms with Crippen molar-refractivity contribution in [2.24, 2.45) is 0 Å². The van der Waals surface area contributed by atoms with Gasteiger partial charge in [-0.25, -0.2) is 0 Å². The summed E-state index contributed by atoms with van der Waals surface area (Å²) in [5.41, 5.74) is 0. The molecule has 1 unspecified atom stereocenters. The number of ether oxygens (including phenoxy) is 1. The molecule has 8 heavy (non-hydrogen) atoms. The molecule has 0 saturated carbocycles. The van der Waals surface area contributed by atoms with Crippen LogP contribution in [0.4, 0.5) is 0 Å². The molecular formula is C5H5BrO2. The predicted molar refractivity (Wildman–Crippen MR) is 32.6 cm³/mol. The Morgan fingerprint density at radius 1 is 1.88 bits per heavy atom. The van der Waals surface area contributed by atoms with Gasteiger partial charge >= 0.3 is 5.97 Å². The molecule has 0 aromatic rings. The van der Waals surface area contributed by atoms with Gasteiger partial charge in [-0.05, 0) is 13.0 Å². The second-order valence-electron chi connectivity index (χ2n) is 1.60. The van der Waals surface area contributed by atoms with Crippen molar-refractivity contribution in [3.63, 3.8) is 0 Å². The third kappa shape index (κ3) is 0.916. The number of hydrogen-bond acceptors (Lipinski definition) is 2. The van der Waals surface area contributed by atoms with Crippen LogP contribution in [-0.2, 0) is 9.53 Å². The van der Waals surface area contributed by atoms with Gasteiger partial charge in [0.15, 0.2) is 0 Å². The lowest BCUT2D eigenvalue weighted by Gasteiger charge is -1.90. The smallest absolute Gasteiger partial charge is 0.328 e. The van der Waals surface area contributed by atoms with Gasteiger partial charge in [0.05, 0.1) is 0 Å². The van der Waals surface area contributed by atoms with Crippen molar-refractivity contribution in [1.82, 2.24) is 0 Å². The zero-order valence-electron chi connectivity index (χ0n) is 4.35. The topological polar surface area (TPSA) is 26.3 Å². The van der Waals surface area contributed by atoms with Gasteiger partial charge in [0.1, 0.15) is 10.6 Å². The van der Waals surface area contributed by atoms with Crippen molar-refractivity contribution in [2.45, 2.75) is 11.8 Å². The Hall–Kier alpha value is -0.310. The van der Waals surface area contributed by atoms with Crippen molar-refractivity contribution in [3.05, 3.63) is 11.8 Å². The Balaban J connectivity index is 2.69. The van der Waals surface area contributed by atoms with Crippen LogP contribution < -0.4 is 0 Å². The SMILES string of the molecule is CC1=CC(Br)C(=O)O1. The van der Waals surface area contributed by atoms with Crippen LogP contribution in [0.2, 0.25) is 0 Å². The molecule has 0 bridgehead atoms. The number of carbonyl (C=O) groups excluding carboxylic acids is 1. The zero-order chi connectivity index (χ0) is 6.15. The molecule has 1 rings (SSSR count). The van der Waals surface area contributed by atoms with Gasteiger partial charge in [0.25, 0.3) is 0 Å². The van der Waals surface area contributed by atoms with Crippen LogP contribution in [-0.4, -0.2) is 10.8 Å². The van der Waals surface area contributed by atoms with Crippen LogP contribution >= 0.6 is 15.9 Å². The molecule has 1 aliphatic heterocycles. The fraction of sp³-hybridized carbons (Fsp3) is 0.400. The van der Waals surface area contributed by atoms with E-state index in [1.54, 1.807) is 13.0 Å². The van der Waals surface area contributed by atoms with E-state index < -0.39 is 0 Å². The van der Waals surface area contributed by atoms with E-state index in [0.29, 0.717) is 5.76 Å². The molecule has 0 saturated heterocycles. The number of carbonyl (C=O) groups is 1. The quantitative estimate of drug-likeness (QED) is 0.410. The minimum Gasteiger partial charge on any atom is -0.431 e. The molecule has 0 aromatic carbocycles. The van der Waals surface area contributed by atoms with E-state index in [0.717, 1.165) is 0 Å². The maximum Gasteiger partial charge on any atom is 0.328 e. The highest BCUT2D eigenvalue weighted by Gasteiger charge is 2.21. The first-order chi connectivity index (χ1) is 3.70. The first kappa shape index (κ1) is 5.82. The molecule has 0 N–H and O–H groups in total. The highest BCUT2D eigenvalue weighted by Crippen LogP contribution is 2.16. The molecule has 0 aromatic heterocycles. The Morgan fingerprint density at radius 2 is 2.50 bits per heavy atom. The lowest BCUT2D eigenvalue weighted by atomic mass is 10.4. The number of allylic oxidation sites excluding steroid dienone is 1. The summed E-state index contributed by atoms with van der Waals surface area (Å²) >= 11 is 3.09. The number of alkyl halides is 1. The average Bonchev–Trinajstić information content (AvgIpc) is 1.85. The first-order valence-corrected chi connectivity index (χ1v) is 3.16. The molecule has 2 nitrogen and oxygen atoms in total. The largest absolute Gasteiger partial charge is 0.431 e. The molecule has 1 aliphatic rings. The van der Waals surface area contributed by atoms with Crippen LogP contribution in [0, 0.1) is 0 Å². The van der Waals surface area contributed by atoms with Crippen LogP contribution in [0.5, 0.6) is 0 Å². The summed E-state index contributed by atoms with van der Waals surface area (Å²) in [7, 11) is 0. The van der Waals surface area contributed by atoms with Gasteiger partial charge in [-0.2, -0.15) is 0 Å². The third-order valence-corrected chi connectivity index (χ3v) is 1.51. The summed E-state index contributed by atoms with van der Waals surface area (Å²) < 4.78 is 4.65. The Labute approximate surface area is 55.6 Å². The number of rotatable bonds is 0. The summed E-state index contributed by atoms with van der Waals surface area (Å²) in [6, 6.07) is 0. The minimum atomic E-state index is -0.220. The van der Waals surface area contributed by atoms with E-state index in [2.05, 4.69) is 20.7 Å². The fourth-order valence-corrected chi connectivity index (χ4v) is 0.989. The Bertz CT molecular complexity index is 151. The van der Waals surface area contributed by atoms with E-state index in [9.17, 15) is 4.79 Å². The van der Waals surface area contributed by atoms with E-state index in [1.807, 2.05) is 0 Å². The summed E-state index contributed by atoms with van der Waals surface area (Å²) in [6.45, 7) is 1.75. The van der Waals surface area contributed by atoms with Crippen LogP contribution in [0.1, 0.15) is 6.92 Å². The van der Waals surface area contributed by atoms with E-state index in [-0.39, 0.29) is 10.8 Å². The standard InChI is InChI=1S/C5H5BrO2/c1-3-2-4(6)5(7)8-3/h2,4H,1H3. The lowest BCUT2D eigenvalue weighted by molar-refractivity contribution is -0.135. The molecule has 0 radical (unpaired) electrons. The van der Waals surface area contributed by atoms with Crippen molar-refractivity contribution in [3.8, 4) is 0 Å². The maximum absolute atomic E-state index is 10.5. The van der Waals surface area contributed by atoms with E-state index in [1.165, 1.54) is 0 Å². The highest BCUT2D eigenvalue weighted by atomic mass is 79.9. The van der Waals surface area contributed by atoms with Crippen LogP contribution in [0.15, 0.2) is 11.8 Å². The van der Waals surface area contributed by atoms with E-state index >= 15 is 0 Å². The van der Waals surface area contributed by atoms with Gasteiger partial charge in [-0.1, -0.05) is 15.9 Å². The number of halogens is 1. The Morgan fingerprint density at radius 3 is 2.62 bits per heavy atom. The van der Waals surface area contributed by atoms with Crippen molar-refractivity contribution < 1.29 is 9.53 Å². The van der Waals surface area contributed by atoms with Gasteiger partial charge in [0, 0.05) is 0 Å². The van der Waals surface area contributed by atoms with Crippen molar-refractivity contribution in [1.29, 1.82) is 0 Å². The molecule has 1 atom stereocenters. The summed E-state index contributed by atoms with van der Waals surface area (Å²) in [5.74, 6) is 0.458. The monoisotopic (exact) mass is 176 g/mol. The zero-order valence-corrected chi connectivity index (χ0v) is 5.94. The molecule has 44 valence electrons. The maximum atomic E-state index is 10.5. The molecule has 0 fully saturated rings. The third-order valence-electron chi connectivity index (χ3n) is 0.868. The number of cyclic esters (lactones) is 1. The highest BCUT2D eigenvalue weighted by molar-refractivity contribution is 9.10. The number of esters is 1. The lowest BCUT2D eigenvalue weighted by Crippen LogP contribution is -2.05. The molecule has 3 heteroatoms. The second kappa shape index (κ2) is 1.90. The van der Waals surface area contributed by atoms with Gasteiger partial charge in [-0.3, -0.25) is 4.79 Å².